The fourth-order valence-corrected chi connectivity index (χ4v) is 3.11. The van der Waals surface area contributed by atoms with Gasteiger partial charge in [0, 0.05) is 26.2 Å². The summed E-state index contributed by atoms with van der Waals surface area (Å²) in [5, 5.41) is 2.06. The lowest BCUT2D eigenvalue weighted by Crippen LogP contribution is -2.56. The van der Waals surface area contributed by atoms with Crippen LogP contribution in [-0.4, -0.2) is 31.2 Å². The van der Waals surface area contributed by atoms with Gasteiger partial charge in [0.2, 0.25) is 0 Å². The van der Waals surface area contributed by atoms with Crippen LogP contribution in [0.3, 0.4) is 0 Å². The van der Waals surface area contributed by atoms with Gasteiger partial charge in [-0.05, 0) is 37.0 Å². The van der Waals surface area contributed by atoms with E-state index in [0.717, 1.165) is 12.5 Å². The predicted octanol–water partition coefficient (Wildman–Crippen LogP) is 2.38. The molecular weight excluding hydrogens is 210 g/mol. The number of hydrogen-bond donors (Lipinski definition) is 2. The molecule has 0 aliphatic heterocycles. The highest BCUT2D eigenvalue weighted by Gasteiger charge is 2.35. The van der Waals surface area contributed by atoms with E-state index in [0.29, 0.717) is 5.41 Å². The van der Waals surface area contributed by atoms with Crippen molar-refractivity contribution < 1.29 is 0 Å². The highest BCUT2D eigenvalue weighted by atomic mass is 15.5. The van der Waals surface area contributed by atoms with Crippen molar-refractivity contribution in [1.82, 2.24) is 10.4 Å². The van der Waals surface area contributed by atoms with E-state index in [2.05, 4.69) is 45.3 Å². The summed E-state index contributed by atoms with van der Waals surface area (Å²) in [4.78, 5) is 0. The Labute approximate surface area is 107 Å². The van der Waals surface area contributed by atoms with Crippen LogP contribution in [0, 0.1) is 11.3 Å². The molecule has 1 aliphatic rings. The molecule has 1 rings (SSSR count). The summed E-state index contributed by atoms with van der Waals surface area (Å²) in [5.41, 5.74) is 10.1. The van der Waals surface area contributed by atoms with Crippen molar-refractivity contribution in [2.75, 3.05) is 20.6 Å². The first-order chi connectivity index (χ1) is 7.79. The lowest BCUT2D eigenvalue weighted by atomic mass is 9.76. The topological polar surface area (TPSA) is 41.3 Å². The van der Waals surface area contributed by atoms with Gasteiger partial charge in [-0.3, -0.25) is 5.01 Å². The van der Waals surface area contributed by atoms with Crippen molar-refractivity contribution in [3.63, 3.8) is 0 Å². The number of nitrogens with zero attached hydrogens (tertiary/aromatic N) is 1. The van der Waals surface area contributed by atoms with E-state index < -0.39 is 0 Å². The fraction of sp³-hybridized carbons (Fsp3) is 1.00. The zero-order chi connectivity index (χ0) is 13.1. The lowest BCUT2D eigenvalue weighted by Gasteiger charge is -2.36. The zero-order valence-corrected chi connectivity index (χ0v) is 12.3. The Kier molecular flexibility index (Phi) is 4.99. The van der Waals surface area contributed by atoms with E-state index >= 15 is 0 Å². The van der Waals surface area contributed by atoms with Gasteiger partial charge in [0.05, 0.1) is 0 Å². The first kappa shape index (κ1) is 14.9. The second kappa shape index (κ2) is 5.68. The van der Waals surface area contributed by atoms with Gasteiger partial charge in [-0.1, -0.05) is 27.2 Å². The number of nitrogens with one attached hydrogen (secondary N) is 1. The van der Waals surface area contributed by atoms with Crippen LogP contribution in [-0.2, 0) is 0 Å². The summed E-state index contributed by atoms with van der Waals surface area (Å²) in [6.07, 6.45) is 6.33. The SMILES string of the molecule is CN(C)NC1(CN)CCCC(C(C)(C)C)CC1. The normalized spacial score (nSPS) is 31.6. The molecule has 2 atom stereocenters. The monoisotopic (exact) mass is 241 g/mol. The first-order valence-electron chi connectivity index (χ1n) is 6.94. The molecule has 2 unspecified atom stereocenters. The van der Waals surface area contributed by atoms with Gasteiger partial charge in [-0.25, -0.2) is 5.43 Å². The minimum atomic E-state index is 0.128. The maximum atomic E-state index is 6.02. The number of nitrogens with two attached hydrogens (primary N) is 1. The molecule has 1 saturated carbocycles. The molecule has 0 amide bonds. The summed E-state index contributed by atoms with van der Waals surface area (Å²) in [7, 11) is 4.12. The molecule has 102 valence electrons. The van der Waals surface area contributed by atoms with Gasteiger partial charge in [0.15, 0.2) is 0 Å². The molecule has 3 nitrogen and oxygen atoms in total. The fourth-order valence-electron chi connectivity index (χ4n) is 3.11. The second-order valence-corrected chi connectivity index (χ2v) is 6.98. The molecule has 0 spiro atoms. The van der Waals surface area contributed by atoms with Gasteiger partial charge in [0.25, 0.3) is 0 Å². The van der Waals surface area contributed by atoms with E-state index in [-0.39, 0.29) is 5.54 Å². The minimum absolute atomic E-state index is 0.128. The second-order valence-electron chi connectivity index (χ2n) is 6.98. The quantitative estimate of drug-likeness (QED) is 0.589. The lowest BCUT2D eigenvalue weighted by molar-refractivity contribution is 0.139. The number of hydrogen-bond acceptors (Lipinski definition) is 3. The van der Waals surface area contributed by atoms with Crippen molar-refractivity contribution in [3.05, 3.63) is 0 Å². The predicted molar refractivity (Wildman–Crippen MR) is 74.6 cm³/mol. The van der Waals surface area contributed by atoms with Crippen LogP contribution in [0.4, 0.5) is 0 Å². The van der Waals surface area contributed by atoms with Crippen LogP contribution in [0.1, 0.15) is 52.9 Å². The third-order valence-electron chi connectivity index (χ3n) is 4.26. The largest absolute Gasteiger partial charge is 0.329 e. The molecule has 0 bridgehead atoms. The molecule has 3 N–H and O–H groups in total. The summed E-state index contributed by atoms with van der Waals surface area (Å²) in [6.45, 7) is 7.84. The van der Waals surface area contributed by atoms with Crippen LogP contribution in [0.15, 0.2) is 0 Å². The van der Waals surface area contributed by atoms with Gasteiger partial charge in [0.1, 0.15) is 0 Å². The van der Waals surface area contributed by atoms with E-state index in [9.17, 15) is 0 Å². The molecule has 1 aliphatic carbocycles. The Bertz CT molecular complexity index is 232. The van der Waals surface area contributed by atoms with Crippen LogP contribution in [0.5, 0.6) is 0 Å². The minimum Gasteiger partial charge on any atom is -0.329 e. The molecule has 0 aromatic rings. The third-order valence-corrected chi connectivity index (χ3v) is 4.26. The van der Waals surface area contributed by atoms with E-state index in [1.54, 1.807) is 0 Å². The van der Waals surface area contributed by atoms with Crippen LogP contribution in [0.2, 0.25) is 0 Å². The van der Waals surface area contributed by atoms with Crippen molar-refractivity contribution in [1.29, 1.82) is 0 Å². The van der Waals surface area contributed by atoms with Gasteiger partial charge in [-0.15, -0.1) is 0 Å². The van der Waals surface area contributed by atoms with E-state index in [4.69, 9.17) is 5.73 Å². The highest BCUT2D eigenvalue weighted by molar-refractivity contribution is 4.92. The van der Waals surface area contributed by atoms with Crippen molar-refractivity contribution in [3.8, 4) is 0 Å². The smallest absolute Gasteiger partial charge is 0.0448 e. The van der Waals surface area contributed by atoms with Crippen LogP contribution in [0.25, 0.3) is 0 Å². The van der Waals surface area contributed by atoms with Crippen molar-refractivity contribution in [2.45, 2.75) is 58.4 Å². The zero-order valence-electron chi connectivity index (χ0n) is 12.3. The Morgan fingerprint density at radius 1 is 1.24 bits per heavy atom. The first-order valence-corrected chi connectivity index (χ1v) is 6.94. The Morgan fingerprint density at radius 2 is 1.88 bits per heavy atom. The molecular formula is C14H31N3. The standard InChI is InChI=1S/C14H31N3/c1-13(2,3)12-7-6-9-14(11-15,10-8-12)16-17(4)5/h12,16H,6-11,15H2,1-5H3. The molecule has 0 saturated heterocycles. The summed E-state index contributed by atoms with van der Waals surface area (Å²) < 4.78 is 0. The average molecular weight is 241 g/mol. The van der Waals surface area contributed by atoms with Crippen LogP contribution >= 0.6 is 0 Å². The van der Waals surface area contributed by atoms with Crippen LogP contribution < -0.4 is 11.2 Å². The Balaban J connectivity index is 2.67. The van der Waals surface area contributed by atoms with Gasteiger partial charge in [-0.2, -0.15) is 0 Å². The molecule has 17 heavy (non-hydrogen) atoms. The molecule has 0 aromatic heterocycles. The maximum absolute atomic E-state index is 6.02. The Morgan fingerprint density at radius 3 is 2.35 bits per heavy atom. The summed E-state index contributed by atoms with van der Waals surface area (Å²) in [6, 6.07) is 0. The maximum Gasteiger partial charge on any atom is 0.0448 e. The third kappa shape index (κ3) is 4.23. The van der Waals surface area contributed by atoms with Gasteiger partial charge >= 0.3 is 0 Å². The molecule has 3 heteroatoms. The highest BCUT2D eigenvalue weighted by Crippen LogP contribution is 2.39. The molecule has 0 aromatic carbocycles. The van der Waals surface area contributed by atoms with Gasteiger partial charge < -0.3 is 5.73 Å². The number of rotatable bonds is 3. The van der Waals surface area contributed by atoms with E-state index in [1.165, 1.54) is 32.1 Å². The molecule has 0 radical (unpaired) electrons. The molecule has 1 fully saturated rings. The number of hydrazine groups is 1. The summed E-state index contributed by atoms with van der Waals surface area (Å²) >= 11 is 0. The Hall–Kier alpha value is -0.120. The molecule has 0 heterocycles. The van der Waals surface area contributed by atoms with E-state index in [1.807, 2.05) is 0 Å². The van der Waals surface area contributed by atoms with Crippen molar-refractivity contribution >= 4 is 0 Å². The van der Waals surface area contributed by atoms with Crippen molar-refractivity contribution in [2.24, 2.45) is 17.1 Å². The average Bonchev–Trinajstić information content (AvgIpc) is 2.39. The summed E-state index contributed by atoms with van der Waals surface area (Å²) in [5.74, 6) is 0.833.